The zero-order chi connectivity index (χ0) is 12.4. The van der Waals surface area contributed by atoms with Crippen LogP contribution in [0.15, 0.2) is 23.2 Å². The second kappa shape index (κ2) is 4.12. The third kappa shape index (κ3) is 2.72. The number of hydrogen-bond acceptors (Lipinski definition) is 4. The lowest BCUT2D eigenvalue weighted by molar-refractivity contribution is 0.539. The molecule has 0 aliphatic carbocycles. The summed E-state index contributed by atoms with van der Waals surface area (Å²) in [6.45, 7) is 3.16. The Morgan fingerprint density at radius 3 is 2.69 bits per heavy atom. The van der Waals surface area contributed by atoms with Gasteiger partial charge in [-0.05, 0) is 26.0 Å². The van der Waals surface area contributed by atoms with E-state index in [1.54, 1.807) is 13.8 Å². The summed E-state index contributed by atoms with van der Waals surface area (Å²) in [5.41, 5.74) is 4.51. The van der Waals surface area contributed by atoms with Crippen molar-refractivity contribution in [3.05, 3.63) is 18.3 Å². The Kier molecular flexibility index (Phi) is 3.21. The van der Waals surface area contributed by atoms with E-state index in [0.29, 0.717) is 0 Å². The van der Waals surface area contributed by atoms with Gasteiger partial charge in [0, 0.05) is 6.20 Å². The molecule has 0 aliphatic heterocycles. The molecule has 3 N–H and O–H groups in total. The van der Waals surface area contributed by atoms with Crippen LogP contribution in [0.4, 0.5) is 5.82 Å². The second-order valence-corrected chi connectivity index (χ2v) is 5.41. The number of nitrogens with one attached hydrogen (secondary N) is 1. The van der Waals surface area contributed by atoms with Gasteiger partial charge in [0.1, 0.15) is 10.7 Å². The van der Waals surface area contributed by atoms with E-state index in [-0.39, 0.29) is 10.7 Å². The highest BCUT2D eigenvalue weighted by Gasteiger charge is 2.25. The van der Waals surface area contributed by atoms with Crippen molar-refractivity contribution >= 4 is 15.8 Å². The molecule has 0 aromatic carbocycles. The Morgan fingerprint density at radius 1 is 1.56 bits per heavy atom. The summed E-state index contributed by atoms with van der Waals surface area (Å²) in [4.78, 5) is 3.64. The molecule has 0 saturated carbocycles. The normalized spacial score (nSPS) is 12.1. The predicted octanol–water partition coefficient (Wildman–Crippen LogP) is 0.354. The van der Waals surface area contributed by atoms with Crippen molar-refractivity contribution in [2.24, 2.45) is 0 Å². The maximum atomic E-state index is 11.9. The average molecular weight is 239 g/mol. The van der Waals surface area contributed by atoms with Crippen molar-refractivity contribution in [3.8, 4) is 12.3 Å². The molecule has 16 heavy (non-hydrogen) atoms. The molecular weight excluding hydrogens is 226 g/mol. The topological polar surface area (TPSA) is 85.1 Å². The average Bonchev–Trinajstić information content (AvgIpc) is 2.16. The molecule has 1 aromatic heterocycles. The van der Waals surface area contributed by atoms with Crippen LogP contribution >= 0.6 is 0 Å². The number of rotatable bonds is 3. The zero-order valence-electron chi connectivity index (χ0n) is 9.06. The second-order valence-electron chi connectivity index (χ2n) is 3.76. The van der Waals surface area contributed by atoms with Crippen molar-refractivity contribution in [2.45, 2.75) is 24.3 Å². The molecule has 0 radical (unpaired) electrons. The van der Waals surface area contributed by atoms with Crippen molar-refractivity contribution in [3.63, 3.8) is 0 Å². The number of terminal acetylenes is 1. The van der Waals surface area contributed by atoms with Crippen molar-refractivity contribution in [1.82, 2.24) is 9.71 Å². The van der Waals surface area contributed by atoms with Gasteiger partial charge < -0.3 is 5.73 Å². The maximum Gasteiger partial charge on any atom is 0.245 e. The van der Waals surface area contributed by atoms with Gasteiger partial charge in [0.2, 0.25) is 10.0 Å². The Hall–Kier alpha value is -1.58. The number of pyridine rings is 1. The van der Waals surface area contributed by atoms with Crippen molar-refractivity contribution in [2.75, 3.05) is 5.73 Å². The summed E-state index contributed by atoms with van der Waals surface area (Å²) in [6, 6.07) is 2.87. The number of nitrogen functional groups attached to an aromatic ring is 1. The molecule has 0 bridgehead atoms. The lowest BCUT2D eigenvalue weighted by atomic mass is 10.1. The summed E-state index contributed by atoms with van der Waals surface area (Å²) < 4.78 is 26.2. The Balaban J connectivity index is 3.16. The highest BCUT2D eigenvalue weighted by atomic mass is 32.2. The monoisotopic (exact) mass is 239 g/mol. The molecule has 0 spiro atoms. The summed E-state index contributed by atoms with van der Waals surface area (Å²) >= 11 is 0. The van der Waals surface area contributed by atoms with Crippen LogP contribution in [0, 0.1) is 12.3 Å². The highest BCUT2D eigenvalue weighted by molar-refractivity contribution is 7.89. The van der Waals surface area contributed by atoms with Gasteiger partial charge in [-0.25, -0.2) is 13.4 Å². The smallest absolute Gasteiger partial charge is 0.245 e. The first-order chi connectivity index (χ1) is 7.28. The summed E-state index contributed by atoms with van der Waals surface area (Å²) in [7, 11) is -3.74. The third-order valence-corrected chi connectivity index (χ3v) is 3.54. The van der Waals surface area contributed by atoms with Crippen LogP contribution in [0.1, 0.15) is 13.8 Å². The minimum atomic E-state index is -3.74. The van der Waals surface area contributed by atoms with Gasteiger partial charge in [-0.3, -0.25) is 0 Å². The molecule has 0 atom stereocenters. The fourth-order valence-electron chi connectivity index (χ4n) is 1.05. The lowest BCUT2D eigenvalue weighted by Crippen LogP contribution is -2.42. The molecule has 1 rings (SSSR count). The molecule has 0 unspecified atom stereocenters. The van der Waals surface area contributed by atoms with Gasteiger partial charge in [-0.15, -0.1) is 6.42 Å². The van der Waals surface area contributed by atoms with Crippen molar-refractivity contribution in [1.29, 1.82) is 0 Å². The Labute approximate surface area is 95.1 Å². The Morgan fingerprint density at radius 2 is 2.19 bits per heavy atom. The minimum Gasteiger partial charge on any atom is -0.383 e. The van der Waals surface area contributed by atoms with E-state index in [4.69, 9.17) is 12.2 Å². The quantitative estimate of drug-likeness (QED) is 0.745. The van der Waals surface area contributed by atoms with E-state index in [0.717, 1.165) is 0 Å². The fourth-order valence-corrected chi connectivity index (χ4v) is 2.48. The van der Waals surface area contributed by atoms with E-state index in [1.807, 2.05) is 0 Å². The van der Waals surface area contributed by atoms with Crippen LogP contribution < -0.4 is 10.5 Å². The SMILES string of the molecule is C#CC(C)(C)NS(=O)(=O)c1cccnc1N. The van der Waals surface area contributed by atoms with Gasteiger partial charge in [-0.2, -0.15) is 4.72 Å². The fraction of sp³-hybridized carbons (Fsp3) is 0.300. The number of sulfonamides is 1. The van der Waals surface area contributed by atoms with Crippen molar-refractivity contribution < 1.29 is 8.42 Å². The number of nitrogens with zero attached hydrogens (tertiary/aromatic N) is 1. The molecule has 1 heterocycles. The predicted molar refractivity (Wildman–Crippen MR) is 61.9 cm³/mol. The maximum absolute atomic E-state index is 11.9. The number of aromatic nitrogens is 1. The first-order valence-corrected chi connectivity index (χ1v) is 5.99. The van der Waals surface area contributed by atoms with Crippen LogP contribution in [-0.2, 0) is 10.0 Å². The molecular formula is C10H13N3O2S. The molecule has 1 aromatic rings. The van der Waals surface area contributed by atoms with E-state index < -0.39 is 15.6 Å². The molecule has 0 fully saturated rings. The molecule has 86 valence electrons. The first-order valence-electron chi connectivity index (χ1n) is 4.51. The summed E-state index contributed by atoms with van der Waals surface area (Å²) in [5, 5.41) is 0. The standard InChI is InChI=1S/C10H13N3O2S/c1-4-10(2,3)13-16(14,15)8-6-5-7-12-9(8)11/h1,5-7,13H,2-3H3,(H2,11,12). The Bertz CT molecular complexity index is 529. The largest absolute Gasteiger partial charge is 0.383 e. The van der Waals surface area contributed by atoms with Crippen LogP contribution in [-0.4, -0.2) is 18.9 Å². The third-order valence-electron chi connectivity index (χ3n) is 1.84. The first kappa shape index (κ1) is 12.5. The summed E-state index contributed by atoms with van der Waals surface area (Å²) in [6.07, 6.45) is 6.62. The zero-order valence-corrected chi connectivity index (χ0v) is 9.88. The molecule has 0 amide bonds. The van der Waals surface area contributed by atoms with Gasteiger partial charge in [0.25, 0.3) is 0 Å². The number of nitrogens with two attached hydrogens (primary N) is 1. The van der Waals surface area contributed by atoms with E-state index >= 15 is 0 Å². The molecule has 6 heteroatoms. The molecule has 0 aliphatic rings. The number of anilines is 1. The van der Waals surface area contributed by atoms with Gasteiger partial charge in [-0.1, -0.05) is 5.92 Å². The van der Waals surface area contributed by atoms with Crippen LogP contribution in [0.2, 0.25) is 0 Å². The van der Waals surface area contributed by atoms with E-state index in [9.17, 15) is 8.42 Å². The molecule has 0 saturated heterocycles. The summed E-state index contributed by atoms with van der Waals surface area (Å²) in [5.74, 6) is 2.28. The van der Waals surface area contributed by atoms with Crippen LogP contribution in [0.5, 0.6) is 0 Å². The van der Waals surface area contributed by atoms with E-state index in [1.165, 1.54) is 18.3 Å². The minimum absolute atomic E-state index is 0.0529. The van der Waals surface area contributed by atoms with Gasteiger partial charge in [0.05, 0.1) is 5.54 Å². The number of hydrogen-bond donors (Lipinski definition) is 2. The van der Waals surface area contributed by atoms with Gasteiger partial charge in [0.15, 0.2) is 0 Å². The van der Waals surface area contributed by atoms with Gasteiger partial charge >= 0.3 is 0 Å². The van der Waals surface area contributed by atoms with Crippen LogP contribution in [0.25, 0.3) is 0 Å². The van der Waals surface area contributed by atoms with Crippen LogP contribution in [0.3, 0.4) is 0 Å². The molecule has 5 nitrogen and oxygen atoms in total. The van der Waals surface area contributed by atoms with E-state index in [2.05, 4.69) is 15.6 Å². The highest BCUT2D eigenvalue weighted by Crippen LogP contribution is 2.16. The lowest BCUT2D eigenvalue weighted by Gasteiger charge is -2.19.